The van der Waals surface area contributed by atoms with E-state index in [1.54, 1.807) is 0 Å². The van der Waals surface area contributed by atoms with Crippen molar-refractivity contribution in [2.24, 2.45) is 0 Å². The van der Waals surface area contributed by atoms with E-state index in [1.807, 2.05) is 0 Å². The molecule has 0 spiro atoms. The second-order valence-corrected chi connectivity index (χ2v) is 2.79. The van der Waals surface area contributed by atoms with E-state index in [9.17, 15) is 18.4 Å². The van der Waals surface area contributed by atoms with Gasteiger partial charge in [0.25, 0.3) is 0 Å². The van der Waals surface area contributed by atoms with Gasteiger partial charge in [-0.15, -0.1) is 0 Å². The number of aromatic carboxylic acids is 1. The molecule has 0 saturated heterocycles. The van der Waals surface area contributed by atoms with E-state index in [2.05, 4.69) is 11.8 Å². The van der Waals surface area contributed by atoms with Crippen LogP contribution < -0.4 is 0 Å². The lowest BCUT2D eigenvalue weighted by molar-refractivity contribution is -0.107. The van der Waals surface area contributed by atoms with Crippen molar-refractivity contribution in [2.45, 2.75) is 6.42 Å². The largest absolute Gasteiger partial charge is 0.478 e. The zero-order valence-corrected chi connectivity index (χ0v) is 7.96. The molecule has 0 unspecified atom stereocenters. The highest BCUT2D eigenvalue weighted by atomic mass is 19.1. The van der Waals surface area contributed by atoms with Crippen LogP contribution in [0.15, 0.2) is 12.1 Å². The predicted octanol–water partition coefficient (Wildman–Crippen LogP) is 1.60. The molecule has 0 heterocycles. The lowest BCUT2D eigenvalue weighted by Gasteiger charge is -1.99. The molecule has 0 amide bonds. The maximum atomic E-state index is 13.1. The second-order valence-electron chi connectivity index (χ2n) is 2.79. The molecule has 0 fully saturated rings. The summed E-state index contributed by atoms with van der Waals surface area (Å²) >= 11 is 0. The molecule has 82 valence electrons. The summed E-state index contributed by atoms with van der Waals surface area (Å²) in [5.41, 5.74) is -0.905. The van der Waals surface area contributed by atoms with Crippen LogP contribution in [0.5, 0.6) is 0 Å². The topological polar surface area (TPSA) is 54.4 Å². The summed E-state index contributed by atoms with van der Waals surface area (Å²) in [6.45, 7) is 0. The highest BCUT2D eigenvalue weighted by Gasteiger charge is 2.13. The molecule has 1 rings (SSSR count). The summed E-state index contributed by atoms with van der Waals surface area (Å²) < 4.78 is 26.0. The predicted molar refractivity (Wildman–Crippen MR) is 50.9 cm³/mol. The number of benzene rings is 1. The monoisotopic (exact) mass is 224 g/mol. The Balaban J connectivity index is 3.21. The molecule has 1 N–H and O–H groups in total. The summed E-state index contributed by atoms with van der Waals surface area (Å²) in [4.78, 5) is 20.5. The van der Waals surface area contributed by atoms with Crippen molar-refractivity contribution in [1.29, 1.82) is 0 Å². The van der Waals surface area contributed by atoms with Gasteiger partial charge in [0.2, 0.25) is 0 Å². The molecule has 0 radical (unpaired) electrons. The average Bonchev–Trinajstić information content (AvgIpc) is 2.21. The number of hydrogen-bond acceptors (Lipinski definition) is 2. The standard InChI is InChI=1S/C11H6F2O3/c12-9-6-10(13)8(11(15)16)5-7(9)3-1-2-4-14/h4-6H,2H2,(H,15,16). The number of carbonyl (C=O) groups is 2. The Kier molecular flexibility index (Phi) is 3.72. The van der Waals surface area contributed by atoms with Gasteiger partial charge in [0.15, 0.2) is 0 Å². The fourth-order valence-corrected chi connectivity index (χ4v) is 0.997. The van der Waals surface area contributed by atoms with E-state index in [0.29, 0.717) is 12.4 Å². The van der Waals surface area contributed by atoms with Gasteiger partial charge in [0, 0.05) is 6.07 Å². The van der Waals surface area contributed by atoms with Crippen molar-refractivity contribution < 1.29 is 23.5 Å². The fourth-order valence-electron chi connectivity index (χ4n) is 0.997. The molecule has 3 nitrogen and oxygen atoms in total. The molecule has 0 aliphatic carbocycles. The summed E-state index contributed by atoms with van der Waals surface area (Å²) in [7, 11) is 0. The van der Waals surface area contributed by atoms with Crippen molar-refractivity contribution in [1.82, 2.24) is 0 Å². The molecule has 0 aliphatic heterocycles. The maximum Gasteiger partial charge on any atom is 0.338 e. The second kappa shape index (κ2) is 5.03. The van der Waals surface area contributed by atoms with Gasteiger partial charge in [-0.3, -0.25) is 0 Å². The summed E-state index contributed by atoms with van der Waals surface area (Å²) in [6, 6.07) is 1.25. The normalized spacial score (nSPS) is 9.12. The van der Waals surface area contributed by atoms with E-state index < -0.39 is 23.2 Å². The van der Waals surface area contributed by atoms with Gasteiger partial charge in [0.05, 0.1) is 17.5 Å². The third kappa shape index (κ3) is 2.64. The van der Waals surface area contributed by atoms with E-state index in [4.69, 9.17) is 5.11 Å². The number of carboxylic acid groups (broad SMARTS) is 1. The Morgan fingerprint density at radius 2 is 2.06 bits per heavy atom. The molecular weight excluding hydrogens is 218 g/mol. The van der Waals surface area contributed by atoms with Crippen LogP contribution in [-0.4, -0.2) is 17.4 Å². The van der Waals surface area contributed by atoms with Crippen molar-refractivity contribution >= 4 is 12.3 Å². The number of carbonyl (C=O) groups excluding carboxylic acids is 1. The SMILES string of the molecule is O=CCC#Cc1cc(C(=O)O)c(F)cc1F. The van der Waals surface area contributed by atoms with E-state index >= 15 is 0 Å². The Morgan fingerprint density at radius 1 is 1.38 bits per heavy atom. The zero-order chi connectivity index (χ0) is 12.1. The van der Waals surface area contributed by atoms with Crippen LogP contribution in [0.2, 0.25) is 0 Å². The number of carboxylic acids is 1. The van der Waals surface area contributed by atoms with Gasteiger partial charge in [0.1, 0.15) is 17.9 Å². The minimum Gasteiger partial charge on any atom is -0.478 e. The Labute approximate surface area is 89.7 Å². The van der Waals surface area contributed by atoms with Crippen LogP contribution in [0.3, 0.4) is 0 Å². The zero-order valence-electron chi connectivity index (χ0n) is 7.96. The Bertz CT molecular complexity index is 498. The third-order valence-electron chi connectivity index (χ3n) is 1.70. The third-order valence-corrected chi connectivity index (χ3v) is 1.70. The Morgan fingerprint density at radius 3 is 2.62 bits per heavy atom. The first-order chi connectivity index (χ1) is 7.56. The first-order valence-electron chi connectivity index (χ1n) is 4.21. The molecule has 16 heavy (non-hydrogen) atoms. The van der Waals surface area contributed by atoms with Gasteiger partial charge in [-0.05, 0) is 6.07 Å². The molecule has 0 saturated carbocycles. The molecule has 1 aromatic carbocycles. The number of rotatable bonds is 2. The van der Waals surface area contributed by atoms with Gasteiger partial charge >= 0.3 is 5.97 Å². The first-order valence-corrected chi connectivity index (χ1v) is 4.21. The summed E-state index contributed by atoms with van der Waals surface area (Å²) in [6.07, 6.45) is 0.422. The molecule has 0 aromatic heterocycles. The average molecular weight is 224 g/mol. The highest BCUT2D eigenvalue weighted by molar-refractivity contribution is 5.88. The minimum absolute atomic E-state index is 0.0980. The molecule has 0 bridgehead atoms. The van der Waals surface area contributed by atoms with Crippen LogP contribution in [-0.2, 0) is 4.79 Å². The van der Waals surface area contributed by atoms with E-state index in [0.717, 1.165) is 6.07 Å². The smallest absolute Gasteiger partial charge is 0.338 e. The van der Waals surface area contributed by atoms with Crippen molar-refractivity contribution in [3.63, 3.8) is 0 Å². The van der Waals surface area contributed by atoms with Gasteiger partial charge in [-0.2, -0.15) is 0 Å². The van der Waals surface area contributed by atoms with Crippen LogP contribution in [0, 0.1) is 23.5 Å². The van der Waals surface area contributed by atoms with Crippen molar-refractivity contribution in [2.75, 3.05) is 0 Å². The van der Waals surface area contributed by atoms with Crippen LogP contribution in [0.25, 0.3) is 0 Å². The molecular formula is C11H6F2O3. The number of halogens is 2. The number of aldehydes is 1. The molecule has 5 heteroatoms. The number of hydrogen-bond donors (Lipinski definition) is 1. The molecule has 1 aromatic rings. The Hall–Kier alpha value is -2.22. The van der Waals surface area contributed by atoms with Gasteiger partial charge < -0.3 is 9.90 Å². The first kappa shape index (κ1) is 11.9. The quantitative estimate of drug-likeness (QED) is 0.613. The minimum atomic E-state index is -1.50. The van der Waals surface area contributed by atoms with Crippen LogP contribution in [0.1, 0.15) is 22.3 Å². The van der Waals surface area contributed by atoms with E-state index in [1.165, 1.54) is 0 Å². The van der Waals surface area contributed by atoms with Gasteiger partial charge in [-0.25, -0.2) is 13.6 Å². The van der Waals surface area contributed by atoms with Gasteiger partial charge in [-0.1, -0.05) is 11.8 Å². The van der Waals surface area contributed by atoms with Crippen molar-refractivity contribution in [3.05, 3.63) is 34.9 Å². The lowest BCUT2D eigenvalue weighted by Crippen LogP contribution is -2.02. The summed E-state index contributed by atoms with van der Waals surface area (Å²) in [5, 5.41) is 8.59. The highest BCUT2D eigenvalue weighted by Crippen LogP contribution is 2.14. The van der Waals surface area contributed by atoms with Crippen LogP contribution in [0.4, 0.5) is 8.78 Å². The van der Waals surface area contributed by atoms with Crippen LogP contribution >= 0.6 is 0 Å². The lowest BCUT2D eigenvalue weighted by atomic mass is 10.1. The maximum absolute atomic E-state index is 13.1. The molecule has 0 aliphatic rings. The molecule has 0 atom stereocenters. The van der Waals surface area contributed by atoms with Crippen molar-refractivity contribution in [3.8, 4) is 11.8 Å². The fraction of sp³-hybridized carbons (Fsp3) is 0.0909. The summed E-state index contributed by atoms with van der Waals surface area (Å²) in [5.74, 6) is 0.932. The van der Waals surface area contributed by atoms with E-state index in [-0.39, 0.29) is 12.0 Å².